The third kappa shape index (κ3) is 1.82. The minimum absolute atomic E-state index is 1.00. The van der Waals surface area contributed by atoms with Gasteiger partial charge in [-0.2, -0.15) is 0 Å². The van der Waals surface area contributed by atoms with Gasteiger partial charge in [-0.15, -0.1) is 0 Å². The van der Waals surface area contributed by atoms with Gasteiger partial charge in [0.15, 0.2) is 0 Å². The van der Waals surface area contributed by atoms with Crippen molar-refractivity contribution in [2.45, 2.75) is 6.42 Å². The quantitative estimate of drug-likeness (QED) is 0.233. The molecule has 0 amide bonds. The fourth-order valence-electron chi connectivity index (χ4n) is 3.89. The molecule has 0 fully saturated rings. The van der Waals surface area contributed by atoms with Crippen LogP contribution in [0.2, 0.25) is 0 Å². The summed E-state index contributed by atoms with van der Waals surface area (Å²) in [6.07, 6.45) is 1.00. The first-order chi connectivity index (χ1) is 11.3. The highest BCUT2D eigenvalue weighted by Gasteiger charge is 2.25. The van der Waals surface area contributed by atoms with Gasteiger partial charge in [-0.05, 0) is 82.8 Å². The van der Waals surface area contributed by atoms with Gasteiger partial charge >= 0.3 is 0 Å². The van der Waals surface area contributed by atoms with Gasteiger partial charge in [-0.3, -0.25) is 0 Å². The summed E-state index contributed by atoms with van der Waals surface area (Å²) < 4.78 is 2.27. The molecule has 0 unspecified atom stereocenters. The Hall–Kier alpha value is -1.64. The highest BCUT2D eigenvalue weighted by Crippen LogP contribution is 2.48. The van der Waals surface area contributed by atoms with Crippen LogP contribution in [0.4, 0.5) is 0 Å². The lowest BCUT2D eigenvalue weighted by atomic mass is 9.92. The van der Waals surface area contributed by atoms with Gasteiger partial charge in [0.05, 0.1) is 0 Å². The molecule has 0 spiro atoms. The summed E-state index contributed by atoms with van der Waals surface area (Å²) in [5.41, 5.74) is 5.65. The van der Waals surface area contributed by atoms with Gasteiger partial charge in [0.2, 0.25) is 0 Å². The van der Waals surface area contributed by atoms with Crippen molar-refractivity contribution in [2.24, 2.45) is 0 Å². The molecule has 23 heavy (non-hydrogen) atoms. The Morgan fingerprint density at radius 3 is 2.30 bits per heavy atom. The molecule has 0 aromatic heterocycles. The van der Waals surface area contributed by atoms with E-state index >= 15 is 0 Å². The van der Waals surface area contributed by atoms with Gasteiger partial charge in [0, 0.05) is 14.3 Å². The van der Waals surface area contributed by atoms with E-state index in [1.807, 2.05) is 0 Å². The molecular weight excluding hydrogens is 412 g/mol. The van der Waals surface area contributed by atoms with Crippen molar-refractivity contribution in [1.82, 2.24) is 0 Å². The SMILES string of the molecule is Brc1ccc2c(c1Br)c1c(c3ccccc32)-c2ccccc2C1. The number of halogens is 2. The molecule has 0 atom stereocenters. The standard InChI is InChI=1S/C21H12Br2/c22-18-10-9-16-14-7-3-4-8-15(14)19-13-6-2-1-5-12(13)11-17(19)20(16)21(18)23/h1-10H,11H2. The van der Waals surface area contributed by atoms with E-state index in [-0.39, 0.29) is 0 Å². The van der Waals surface area contributed by atoms with Gasteiger partial charge in [-0.25, -0.2) is 0 Å². The number of hydrogen-bond donors (Lipinski definition) is 0. The zero-order chi connectivity index (χ0) is 15.6. The van der Waals surface area contributed by atoms with Crippen LogP contribution >= 0.6 is 31.9 Å². The van der Waals surface area contributed by atoms with E-state index in [4.69, 9.17) is 0 Å². The Balaban J connectivity index is 2.09. The number of rotatable bonds is 0. The monoisotopic (exact) mass is 422 g/mol. The van der Waals surface area contributed by atoms with Crippen LogP contribution in [-0.4, -0.2) is 0 Å². The molecule has 1 aliphatic rings. The van der Waals surface area contributed by atoms with E-state index in [0.29, 0.717) is 0 Å². The summed E-state index contributed by atoms with van der Waals surface area (Å²) in [5.74, 6) is 0. The van der Waals surface area contributed by atoms with E-state index in [1.165, 1.54) is 43.8 Å². The fourth-order valence-corrected chi connectivity index (χ4v) is 4.80. The molecule has 0 radical (unpaired) electrons. The van der Waals surface area contributed by atoms with Gasteiger partial charge in [0.1, 0.15) is 0 Å². The van der Waals surface area contributed by atoms with Gasteiger partial charge < -0.3 is 0 Å². The lowest BCUT2D eigenvalue weighted by molar-refractivity contribution is 1.28. The normalized spacial score (nSPS) is 12.6. The number of benzene rings is 4. The van der Waals surface area contributed by atoms with Crippen molar-refractivity contribution in [1.29, 1.82) is 0 Å². The Kier molecular flexibility index (Phi) is 2.95. The average Bonchev–Trinajstić information content (AvgIpc) is 2.97. The van der Waals surface area contributed by atoms with E-state index in [0.717, 1.165) is 15.4 Å². The summed E-state index contributed by atoms with van der Waals surface area (Å²) >= 11 is 7.50. The molecule has 4 aromatic carbocycles. The van der Waals surface area contributed by atoms with Crippen molar-refractivity contribution in [3.63, 3.8) is 0 Å². The van der Waals surface area contributed by atoms with E-state index in [9.17, 15) is 0 Å². The maximum atomic E-state index is 3.82. The molecule has 1 aliphatic carbocycles. The highest BCUT2D eigenvalue weighted by atomic mass is 79.9. The summed E-state index contributed by atoms with van der Waals surface area (Å²) in [6.45, 7) is 0. The third-order valence-electron chi connectivity index (χ3n) is 4.84. The zero-order valence-corrected chi connectivity index (χ0v) is 15.4. The van der Waals surface area contributed by atoms with Crippen LogP contribution < -0.4 is 0 Å². The van der Waals surface area contributed by atoms with E-state index in [2.05, 4.69) is 92.5 Å². The minimum Gasteiger partial charge on any atom is -0.0619 e. The number of fused-ring (bicyclic) bond motifs is 8. The first-order valence-electron chi connectivity index (χ1n) is 7.65. The molecule has 0 saturated carbocycles. The lowest BCUT2D eigenvalue weighted by Crippen LogP contribution is -1.89. The van der Waals surface area contributed by atoms with Gasteiger partial charge in [-0.1, -0.05) is 54.6 Å². The van der Waals surface area contributed by atoms with Crippen LogP contribution in [-0.2, 0) is 6.42 Å². The second-order valence-corrected chi connectivity index (χ2v) is 7.66. The molecular formula is C21H12Br2. The molecule has 0 aliphatic heterocycles. The molecule has 0 saturated heterocycles. The van der Waals surface area contributed by atoms with Crippen LogP contribution in [0.15, 0.2) is 69.6 Å². The first-order valence-corrected chi connectivity index (χ1v) is 9.24. The Labute approximate surface area is 151 Å². The molecule has 0 bridgehead atoms. The van der Waals surface area contributed by atoms with Crippen LogP contribution in [0.1, 0.15) is 11.1 Å². The summed E-state index contributed by atoms with van der Waals surface area (Å²) in [4.78, 5) is 0. The predicted molar refractivity (Wildman–Crippen MR) is 105 cm³/mol. The van der Waals surface area contributed by atoms with Crippen LogP contribution in [0.25, 0.3) is 32.7 Å². The largest absolute Gasteiger partial charge is 0.0619 e. The van der Waals surface area contributed by atoms with Gasteiger partial charge in [0.25, 0.3) is 0 Å². The third-order valence-corrected chi connectivity index (χ3v) is 6.86. The van der Waals surface area contributed by atoms with E-state index < -0.39 is 0 Å². The first kappa shape index (κ1) is 13.8. The summed E-state index contributed by atoms with van der Waals surface area (Å²) in [6, 6.07) is 21.9. The maximum absolute atomic E-state index is 3.82. The number of hydrogen-bond acceptors (Lipinski definition) is 0. The van der Waals surface area contributed by atoms with E-state index in [1.54, 1.807) is 0 Å². The lowest BCUT2D eigenvalue weighted by Gasteiger charge is -2.14. The Bertz CT molecular complexity index is 1110. The highest BCUT2D eigenvalue weighted by molar-refractivity contribution is 9.13. The summed E-state index contributed by atoms with van der Waals surface area (Å²) in [7, 11) is 0. The Morgan fingerprint density at radius 1 is 0.696 bits per heavy atom. The maximum Gasteiger partial charge on any atom is 0.0399 e. The smallest absolute Gasteiger partial charge is 0.0399 e. The molecule has 0 heterocycles. The molecule has 0 nitrogen and oxygen atoms in total. The second-order valence-electron chi connectivity index (χ2n) is 6.02. The molecule has 4 aromatic rings. The fraction of sp³-hybridized carbons (Fsp3) is 0.0476. The predicted octanol–water partition coefficient (Wildman–Crippen LogP) is 7.09. The van der Waals surface area contributed by atoms with Crippen molar-refractivity contribution in [3.8, 4) is 11.1 Å². The summed E-state index contributed by atoms with van der Waals surface area (Å²) in [5, 5.41) is 5.34. The van der Waals surface area contributed by atoms with Crippen LogP contribution in [0.3, 0.4) is 0 Å². The average molecular weight is 424 g/mol. The topological polar surface area (TPSA) is 0 Å². The zero-order valence-electron chi connectivity index (χ0n) is 12.2. The van der Waals surface area contributed by atoms with Crippen LogP contribution in [0.5, 0.6) is 0 Å². The van der Waals surface area contributed by atoms with Crippen molar-refractivity contribution < 1.29 is 0 Å². The molecule has 2 heteroatoms. The second kappa shape index (κ2) is 4.93. The van der Waals surface area contributed by atoms with Crippen molar-refractivity contribution >= 4 is 53.4 Å². The van der Waals surface area contributed by atoms with Crippen molar-refractivity contribution in [2.75, 3.05) is 0 Å². The minimum atomic E-state index is 1.00. The molecule has 0 N–H and O–H groups in total. The Morgan fingerprint density at radius 2 is 1.43 bits per heavy atom. The van der Waals surface area contributed by atoms with Crippen LogP contribution in [0, 0.1) is 0 Å². The molecule has 110 valence electrons. The van der Waals surface area contributed by atoms with Crippen molar-refractivity contribution in [3.05, 3.63) is 80.7 Å². The molecule has 5 rings (SSSR count).